The molecule has 148 valence electrons. The van der Waals surface area contributed by atoms with Gasteiger partial charge >= 0.3 is 0 Å². The number of nitrogens with zero attached hydrogens (tertiary/aromatic N) is 2. The lowest BCUT2D eigenvalue weighted by atomic mass is 10.0. The van der Waals surface area contributed by atoms with E-state index in [1.807, 2.05) is 0 Å². The Bertz CT molecular complexity index is 1310. The van der Waals surface area contributed by atoms with Gasteiger partial charge in [-0.3, -0.25) is 9.59 Å². The van der Waals surface area contributed by atoms with Gasteiger partial charge in [0.05, 0.1) is 17.5 Å². The van der Waals surface area contributed by atoms with Crippen molar-refractivity contribution in [3.8, 4) is 11.3 Å². The Hall–Kier alpha value is -3.84. The van der Waals surface area contributed by atoms with Gasteiger partial charge in [-0.2, -0.15) is 0 Å². The van der Waals surface area contributed by atoms with Crippen LogP contribution in [0, 0.1) is 5.82 Å². The van der Waals surface area contributed by atoms with Crippen LogP contribution < -0.4 is 5.73 Å². The SMILES string of the molecule is NC(=O)C=Cc1c[nH]c2ncc(-c3ccc(C(=O)c4ccc(Cl)cc4)c(F)c3)nc12. The Morgan fingerprint density at radius 2 is 1.90 bits per heavy atom. The summed E-state index contributed by atoms with van der Waals surface area (Å²) in [5.74, 6) is -1.70. The molecule has 2 aromatic heterocycles. The number of aromatic nitrogens is 3. The lowest BCUT2D eigenvalue weighted by molar-refractivity contribution is -0.113. The first-order valence-corrected chi connectivity index (χ1v) is 9.22. The first-order valence-electron chi connectivity index (χ1n) is 8.84. The van der Waals surface area contributed by atoms with E-state index >= 15 is 0 Å². The number of rotatable bonds is 5. The number of carbonyl (C=O) groups excluding carboxylic acids is 2. The highest BCUT2D eigenvalue weighted by molar-refractivity contribution is 6.30. The Kier molecular flexibility index (Phi) is 5.12. The molecule has 2 aromatic carbocycles. The van der Waals surface area contributed by atoms with Gasteiger partial charge in [-0.05, 0) is 42.5 Å². The van der Waals surface area contributed by atoms with Gasteiger partial charge in [0.15, 0.2) is 11.4 Å². The molecule has 4 rings (SSSR count). The van der Waals surface area contributed by atoms with Gasteiger partial charge in [-0.25, -0.2) is 14.4 Å². The quantitative estimate of drug-likeness (QED) is 0.374. The van der Waals surface area contributed by atoms with Gasteiger partial charge < -0.3 is 10.7 Å². The third-order valence-electron chi connectivity index (χ3n) is 4.45. The number of hydrogen-bond donors (Lipinski definition) is 2. The van der Waals surface area contributed by atoms with Crippen LogP contribution in [0.3, 0.4) is 0 Å². The zero-order chi connectivity index (χ0) is 21.3. The fourth-order valence-corrected chi connectivity index (χ4v) is 3.09. The van der Waals surface area contributed by atoms with Crippen LogP contribution in [-0.4, -0.2) is 26.6 Å². The number of aromatic amines is 1. The van der Waals surface area contributed by atoms with Crippen molar-refractivity contribution in [2.45, 2.75) is 0 Å². The van der Waals surface area contributed by atoms with Gasteiger partial charge in [-0.15, -0.1) is 0 Å². The standard InChI is InChI=1S/C22H14ClFN4O2/c23-15-5-1-12(2-6-15)21(30)16-7-3-13(9-17(16)24)18-11-27-22-20(28-18)14(10-26-22)4-8-19(25)29/h1-11H,(H2,25,29)(H,26,27). The third-order valence-corrected chi connectivity index (χ3v) is 4.71. The molecule has 0 aliphatic carbocycles. The molecule has 0 aliphatic heterocycles. The summed E-state index contributed by atoms with van der Waals surface area (Å²) >= 11 is 5.83. The highest BCUT2D eigenvalue weighted by Crippen LogP contribution is 2.25. The Morgan fingerprint density at radius 3 is 2.60 bits per heavy atom. The predicted molar refractivity (Wildman–Crippen MR) is 112 cm³/mol. The van der Waals surface area contributed by atoms with Crippen molar-refractivity contribution in [2.75, 3.05) is 0 Å². The molecule has 0 aliphatic rings. The van der Waals surface area contributed by atoms with E-state index in [9.17, 15) is 14.0 Å². The number of nitrogens with two attached hydrogens (primary N) is 1. The second-order valence-corrected chi connectivity index (χ2v) is 6.90. The minimum absolute atomic E-state index is 0.0539. The second-order valence-electron chi connectivity index (χ2n) is 6.46. The summed E-state index contributed by atoms with van der Waals surface area (Å²) in [6, 6.07) is 10.5. The summed E-state index contributed by atoms with van der Waals surface area (Å²) in [5, 5.41) is 0.492. The average Bonchev–Trinajstić information content (AvgIpc) is 3.14. The van der Waals surface area contributed by atoms with Crippen molar-refractivity contribution < 1.29 is 14.0 Å². The fourth-order valence-electron chi connectivity index (χ4n) is 2.96. The average molecular weight is 421 g/mol. The molecule has 6 nitrogen and oxygen atoms in total. The highest BCUT2D eigenvalue weighted by Gasteiger charge is 2.16. The normalized spacial score (nSPS) is 11.3. The maximum absolute atomic E-state index is 14.7. The number of H-pyrrole nitrogens is 1. The van der Waals surface area contributed by atoms with E-state index < -0.39 is 17.5 Å². The molecular weight excluding hydrogens is 407 g/mol. The molecule has 0 fully saturated rings. The van der Waals surface area contributed by atoms with Gasteiger partial charge in [0.1, 0.15) is 11.3 Å². The van der Waals surface area contributed by atoms with Crippen molar-refractivity contribution in [3.63, 3.8) is 0 Å². The first-order chi connectivity index (χ1) is 14.4. The van der Waals surface area contributed by atoms with Crippen molar-refractivity contribution in [2.24, 2.45) is 5.73 Å². The highest BCUT2D eigenvalue weighted by atomic mass is 35.5. The van der Waals surface area contributed by atoms with Crippen molar-refractivity contribution in [1.29, 1.82) is 0 Å². The second kappa shape index (κ2) is 7.88. The molecule has 0 saturated heterocycles. The summed E-state index contributed by atoms with van der Waals surface area (Å²) < 4.78 is 14.7. The molecule has 0 atom stereocenters. The number of primary amides is 1. The van der Waals surface area contributed by atoms with Crippen LogP contribution in [0.4, 0.5) is 4.39 Å². The van der Waals surface area contributed by atoms with E-state index in [0.717, 1.165) is 0 Å². The molecule has 0 unspecified atom stereocenters. The van der Waals surface area contributed by atoms with E-state index in [2.05, 4.69) is 15.0 Å². The molecule has 1 amide bonds. The molecule has 3 N–H and O–H groups in total. The van der Waals surface area contributed by atoms with Crippen LogP contribution in [0.2, 0.25) is 5.02 Å². The predicted octanol–water partition coefficient (Wildman–Crippen LogP) is 4.15. The number of benzene rings is 2. The van der Waals surface area contributed by atoms with Gasteiger partial charge in [-0.1, -0.05) is 17.7 Å². The molecule has 4 aromatic rings. The molecule has 0 bridgehead atoms. The Morgan fingerprint density at radius 1 is 1.13 bits per heavy atom. The molecule has 0 saturated carbocycles. The molecule has 8 heteroatoms. The first kappa shape index (κ1) is 19.5. The monoisotopic (exact) mass is 420 g/mol. The van der Waals surface area contributed by atoms with E-state index in [1.165, 1.54) is 30.5 Å². The van der Waals surface area contributed by atoms with Crippen molar-refractivity contribution in [3.05, 3.63) is 88.5 Å². The number of nitrogens with one attached hydrogen (secondary N) is 1. The zero-order valence-corrected chi connectivity index (χ0v) is 16.2. The smallest absolute Gasteiger partial charge is 0.241 e. The number of fused-ring (bicyclic) bond motifs is 1. The lowest BCUT2D eigenvalue weighted by Gasteiger charge is -2.06. The summed E-state index contributed by atoms with van der Waals surface area (Å²) in [5.41, 5.74) is 7.93. The molecule has 2 heterocycles. The summed E-state index contributed by atoms with van der Waals surface area (Å²) in [6.07, 6.45) is 5.88. The van der Waals surface area contributed by atoms with E-state index in [-0.39, 0.29) is 5.56 Å². The number of ketones is 1. The Balaban J connectivity index is 1.69. The topological polar surface area (TPSA) is 102 Å². The van der Waals surface area contributed by atoms with E-state index in [0.29, 0.717) is 38.6 Å². The maximum atomic E-state index is 14.7. The fraction of sp³-hybridized carbons (Fsp3) is 0. The molecule has 30 heavy (non-hydrogen) atoms. The van der Waals surface area contributed by atoms with Crippen LogP contribution in [0.15, 0.2) is 60.9 Å². The largest absolute Gasteiger partial charge is 0.366 e. The summed E-state index contributed by atoms with van der Waals surface area (Å²) in [4.78, 5) is 35.3. The van der Waals surface area contributed by atoms with E-state index in [1.54, 1.807) is 36.5 Å². The van der Waals surface area contributed by atoms with E-state index in [4.69, 9.17) is 17.3 Å². The molecule has 0 spiro atoms. The number of halogens is 2. The number of hydrogen-bond acceptors (Lipinski definition) is 4. The van der Waals surface area contributed by atoms with Crippen LogP contribution in [0.1, 0.15) is 21.5 Å². The van der Waals surface area contributed by atoms with Gasteiger partial charge in [0, 0.05) is 34.0 Å². The minimum atomic E-state index is -0.669. The molecular formula is C22H14ClFN4O2. The van der Waals surface area contributed by atoms with Crippen molar-refractivity contribution in [1.82, 2.24) is 15.0 Å². The maximum Gasteiger partial charge on any atom is 0.241 e. The van der Waals surface area contributed by atoms with Gasteiger partial charge in [0.25, 0.3) is 0 Å². The van der Waals surface area contributed by atoms with Crippen LogP contribution in [-0.2, 0) is 4.79 Å². The lowest BCUT2D eigenvalue weighted by Crippen LogP contribution is -2.05. The Labute approximate surface area is 175 Å². The minimum Gasteiger partial charge on any atom is -0.366 e. The van der Waals surface area contributed by atoms with Crippen LogP contribution >= 0.6 is 11.6 Å². The van der Waals surface area contributed by atoms with Crippen LogP contribution in [0.25, 0.3) is 28.5 Å². The summed E-state index contributed by atoms with van der Waals surface area (Å²) in [6.45, 7) is 0. The summed E-state index contributed by atoms with van der Waals surface area (Å²) in [7, 11) is 0. The number of carbonyl (C=O) groups is 2. The molecule has 0 radical (unpaired) electrons. The third kappa shape index (κ3) is 3.83. The van der Waals surface area contributed by atoms with Crippen molar-refractivity contribution >= 4 is 40.5 Å². The van der Waals surface area contributed by atoms with Gasteiger partial charge in [0.2, 0.25) is 5.91 Å². The number of amides is 1. The zero-order valence-electron chi connectivity index (χ0n) is 15.4. The van der Waals surface area contributed by atoms with Crippen LogP contribution in [0.5, 0.6) is 0 Å².